The molecule has 1 saturated carbocycles. The van der Waals surface area contributed by atoms with E-state index in [0.717, 1.165) is 23.2 Å². The van der Waals surface area contributed by atoms with Crippen LogP contribution in [0.4, 0.5) is 0 Å². The van der Waals surface area contributed by atoms with Crippen molar-refractivity contribution < 1.29 is 36.5 Å². The van der Waals surface area contributed by atoms with E-state index in [2.05, 4.69) is 43.5 Å². The first-order valence-corrected chi connectivity index (χ1v) is 20.6. The van der Waals surface area contributed by atoms with Crippen LogP contribution in [0.3, 0.4) is 0 Å². The minimum absolute atomic E-state index is 0.00296. The van der Waals surface area contributed by atoms with Gasteiger partial charge in [-0.05, 0) is 99.9 Å². The Bertz CT molecular complexity index is 1880. The van der Waals surface area contributed by atoms with E-state index in [1.807, 2.05) is 18.2 Å². The highest BCUT2D eigenvalue weighted by Crippen LogP contribution is 2.46. The maximum absolute atomic E-state index is 13.7. The van der Waals surface area contributed by atoms with Crippen LogP contribution in [-0.4, -0.2) is 98.8 Å². The second-order valence-electron chi connectivity index (χ2n) is 15.3. The lowest BCUT2D eigenvalue weighted by atomic mass is 9.88. The van der Waals surface area contributed by atoms with E-state index in [4.69, 9.17) is 9.47 Å². The molecule has 11 nitrogen and oxygen atoms in total. The topological polar surface area (TPSA) is 154 Å². The lowest BCUT2D eigenvalue weighted by molar-refractivity contribution is -0.0312. The standard InChI is InChI=1S/C38H51N3O8S2/c1-36(2,3)40-23-28-10-12-29(13-11-28)30-6-4-9-35(20-30)51(46,47)41-18-16-37(17-19-41)22-31(25-49-37)39-24-32(43)26-48-33-7-5-8-34(21-33)50(44,45)38(27-42)14-15-38/h4-13,20-21,31-32,39-40,42-43H,14-19,22-27H2,1-3H3/t31-,32?/m0/s1. The predicted octanol–water partition coefficient (Wildman–Crippen LogP) is 3.88. The summed E-state index contributed by atoms with van der Waals surface area (Å²) in [5, 5.41) is 27.0. The third-order valence-electron chi connectivity index (χ3n) is 10.3. The maximum atomic E-state index is 13.7. The molecule has 2 saturated heterocycles. The number of nitrogens with zero attached hydrogens (tertiary/aromatic N) is 1. The van der Waals surface area contributed by atoms with Gasteiger partial charge in [-0.3, -0.25) is 0 Å². The summed E-state index contributed by atoms with van der Waals surface area (Å²) in [5.41, 5.74) is 2.58. The van der Waals surface area contributed by atoms with Gasteiger partial charge in [-0.2, -0.15) is 4.31 Å². The molecule has 6 rings (SSSR count). The van der Waals surface area contributed by atoms with Crippen molar-refractivity contribution in [3.05, 3.63) is 78.4 Å². The number of aliphatic hydroxyl groups excluding tert-OH is 2. The fourth-order valence-corrected chi connectivity index (χ4v) is 10.1. The van der Waals surface area contributed by atoms with Gasteiger partial charge in [0.25, 0.3) is 0 Å². The Morgan fingerprint density at radius 3 is 2.27 bits per heavy atom. The Labute approximate surface area is 302 Å². The number of ether oxygens (including phenoxy) is 2. The van der Waals surface area contributed by atoms with Crippen LogP contribution in [0.25, 0.3) is 11.1 Å². The molecule has 1 aliphatic carbocycles. The highest BCUT2D eigenvalue weighted by molar-refractivity contribution is 7.93. The molecule has 2 atom stereocenters. The fourth-order valence-electron chi connectivity index (χ4n) is 6.81. The van der Waals surface area contributed by atoms with Crippen molar-refractivity contribution in [3.63, 3.8) is 0 Å². The first-order chi connectivity index (χ1) is 24.1. The van der Waals surface area contributed by atoms with Gasteiger partial charge in [0.2, 0.25) is 10.0 Å². The molecule has 0 bridgehead atoms. The average Bonchev–Trinajstić information content (AvgIpc) is 3.85. The minimum atomic E-state index is -3.69. The first-order valence-electron chi connectivity index (χ1n) is 17.7. The van der Waals surface area contributed by atoms with Crippen molar-refractivity contribution in [2.45, 2.75) is 97.2 Å². The number of piperidine rings is 1. The van der Waals surface area contributed by atoms with Gasteiger partial charge in [0, 0.05) is 37.8 Å². The molecule has 3 aromatic carbocycles. The van der Waals surface area contributed by atoms with Gasteiger partial charge >= 0.3 is 0 Å². The van der Waals surface area contributed by atoms with Crippen molar-refractivity contribution in [1.29, 1.82) is 0 Å². The molecule has 4 N–H and O–H groups in total. The van der Waals surface area contributed by atoms with Gasteiger partial charge in [-0.15, -0.1) is 0 Å². The molecule has 3 aromatic rings. The quantitative estimate of drug-likeness (QED) is 0.192. The summed E-state index contributed by atoms with van der Waals surface area (Å²) >= 11 is 0. The van der Waals surface area contributed by atoms with Crippen LogP contribution in [0.5, 0.6) is 5.75 Å². The number of sulfonamides is 1. The summed E-state index contributed by atoms with van der Waals surface area (Å²) < 4.78 is 65.8. The van der Waals surface area contributed by atoms with Gasteiger partial charge in [0.15, 0.2) is 9.84 Å². The molecular weight excluding hydrogens is 691 g/mol. The minimum Gasteiger partial charge on any atom is -0.491 e. The molecule has 0 aromatic heterocycles. The summed E-state index contributed by atoms with van der Waals surface area (Å²) in [4.78, 5) is 0.383. The second-order valence-corrected chi connectivity index (χ2v) is 19.6. The van der Waals surface area contributed by atoms with Crippen molar-refractivity contribution in [2.24, 2.45) is 0 Å². The van der Waals surface area contributed by atoms with E-state index in [-0.39, 0.29) is 34.5 Å². The molecule has 0 amide bonds. The highest BCUT2D eigenvalue weighted by atomic mass is 32.2. The van der Waals surface area contributed by atoms with E-state index in [1.165, 1.54) is 12.1 Å². The Balaban J connectivity index is 0.968. The normalized spacial score (nSPS) is 21.1. The monoisotopic (exact) mass is 741 g/mol. The summed E-state index contributed by atoms with van der Waals surface area (Å²) in [5.74, 6) is 0.332. The summed E-state index contributed by atoms with van der Waals surface area (Å²) in [6.07, 6.45) is 1.89. The van der Waals surface area contributed by atoms with Crippen LogP contribution in [-0.2, 0) is 31.1 Å². The van der Waals surface area contributed by atoms with Crippen LogP contribution in [0.1, 0.15) is 58.4 Å². The number of aliphatic hydroxyl groups is 2. The molecule has 3 aliphatic rings. The van der Waals surface area contributed by atoms with E-state index in [1.54, 1.807) is 34.6 Å². The molecule has 2 heterocycles. The summed E-state index contributed by atoms with van der Waals surface area (Å²) in [7, 11) is -7.37. The van der Waals surface area contributed by atoms with Gasteiger partial charge in [-0.1, -0.05) is 42.5 Å². The number of hydrogen-bond donors (Lipinski definition) is 4. The third-order valence-corrected chi connectivity index (χ3v) is 14.7. The van der Waals surface area contributed by atoms with Crippen LogP contribution < -0.4 is 15.4 Å². The third kappa shape index (κ3) is 8.68. The Morgan fingerprint density at radius 2 is 1.61 bits per heavy atom. The van der Waals surface area contributed by atoms with Crippen molar-refractivity contribution >= 4 is 19.9 Å². The zero-order valence-corrected chi connectivity index (χ0v) is 31.3. The molecule has 2 aliphatic heterocycles. The highest BCUT2D eigenvalue weighted by Gasteiger charge is 2.54. The van der Waals surface area contributed by atoms with E-state index in [0.29, 0.717) is 57.6 Å². The SMILES string of the molecule is CC(C)(C)NCc1ccc(-c2cccc(S(=O)(=O)N3CCC4(CC3)C[C@H](NCC(O)COc3cccc(S(=O)(=O)C5(CO)CC5)c3)CO4)c2)cc1. The van der Waals surface area contributed by atoms with Gasteiger partial charge in [0.05, 0.1) is 33.4 Å². The molecule has 1 unspecified atom stereocenters. The van der Waals surface area contributed by atoms with Crippen LogP contribution in [0.15, 0.2) is 82.6 Å². The number of benzene rings is 3. The number of nitrogens with one attached hydrogen (secondary N) is 2. The molecule has 3 fully saturated rings. The Hall–Kier alpha value is -2.88. The number of hydrogen-bond acceptors (Lipinski definition) is 10. The van der Waals surface area contributed by atoms with Gasteiger partial charge < -0.3 is 30.3 Å². The van der Waals surface area contributed by atoms with Crippen molar-refractivity contribution in [2.75, 3.05) is 39.5 Å². The molecule has 0 radical (unpaired) electrons. The molecule has 1 spiro atoms. The van der Waals surface area contributed by atoms with E-state index < -0.39 is 42.9 Å². The van der Waals surface area contributed by atoms with Crippen LogP contribution >= 0.6 is 0 Å². The average molecular weight is 742 g/mol. The maximum Gasteiger partial charge on any atom is 0.243 e. The van der Waals surface area contributed by atoms with Crippen LogP contribution in [0.2, 0.25) is 0 Å². The van der Waals surface area contributed by atoms with E-state index >= 15 is 0 Å². The molecule has 13 heteroatoms. The van der Waals surface area contributed by atoms with Crippen LogP contribution in [0, 0.1) is 0 Å². The molecule has 278 valence electrons. The van der Waals surface area contributed by atoms with Crippen molar-refractivity contribution in [1.82, 2.24) is 14.9 Å². The molecule has 51 heavy (non-hydrogen) atoms. The second kappa shape index (κ2) is 14.9. The number of rotatable bonds is 14. The largest absolute Gasteiger partial charge is 0.491 e. The lowest BCUT2D eigenvalue weighted by Crippen LogP contribution is -2.47. The van der Waals surface area contributed by atoms with Crippen molar-refractivity contribution in [3.8, 4) is 16.9 Å². The first kappa shape index (κ1) is 37.9. The Morgan fingerprint density at radius 1 is 0.922 bits per heavy atom. The summed E-state index contributed by atoms with van der Waals surface area (Å²) in [6.45, 7) is 8.14. The van der Waals surface area contributed by atoms with E-state index in [9.17, 15) is 27.0 Å². The summed E-state index contributed by atoms with van der Waals surface area (Å²) in [6, 6.07) is 21.5. The number of sulfone groups is 1. The van der Waals surface area contributed by atoms with Gasteiger partial charge in [0.1, 0.15) is 18.5 Å². The lowest BCUT2D eigenvalue weighted by Gasteiger charge is -2.38. The van der Waals surface area contributed by atoms with Gasteiger partial charge in [-0.25, -0.2) is 16.8 Å². The zero-order chi connectivity index (χ0) is 36.5. The fraction of sp³-hybridized carbons (Fsp3) is 0.526. The smallest absolute Gasteiger partial charge is 0.243 e. The molecular formula is C38H51N3O8S2. The zero-order valence-electron chi connectivity index (χ0n) is 29.7. The Kier molecular flexibility index (Phi) is 11.0. The predicted molar refractivity (Wildman–Crippen MR) is 196 cm³/mol.